The highest BCUT2D eigenvalue weighted by atomic mass is 16.1. The van der Waals surface area contributed by atoms with Crippen molar-refractivity contribution >= 4 is 5.82 Å². The Morgan fingerprint density at radius 3 is 2.94 bits per heavy atom. The fourth-order valence-corrected chi connectivity index (χ4v) is 2.26. The van der Waals surface area contributed by atoms with E-state index in [9.17, 15) is 4.79 Å². The van der Waals surface area contributed by atoms with Crippen molar-refractivity contribution in [1.82, 2.24) is 14.9 Å². The number of hydrogen-bond acceptors (Lipinski definition) is 4. The number of piperidine rings is 1. The lowest BCUT2D eigenvalue weighted by atomic mass is 10.1. The summed E-state index contributed by atoms with van der Waals surface area (Å²) in [6.07, 6.45) is 7.06. The van der Waals surface area contributed by atoms with Crippen molar-refractivity contribution in [3.8, 4) is 0 Å². The Bertz CT molecular complexity index is 397. The van der Waals surface area contributed by atoms with E-state index < -0.39 is 0 Å². The van der Waals surface area contributed by atoms with Crippen LogP contribution in [0, 0.1) is 0 Å². The standard InChI is InChI=1S/C12H20N4O/c1-10(9-16-7-3-2-4-8-16)15-11-12(17)14-6-5-13-11/h5-6,10H,2-4,7-9H2,1H3,(H,13,15)(H,14,17). The van der Waals surface area contributed by atoms with Crippen LogP contribution in [0.5, 0.6) is 0 Å². The molecule has 1 aromatic rings. The summed E-state index contributed by atoms with van der Waals surface area (Å²) in [5, 5.41) is 3.16. The summed E-state index contributed by atoms with van der Waals surface area (Å²) >= 11 is 0. The van der Waals surface area contributed by atoms with Gasteiger partial charge in [-0.1, -0.05) is 6.42 Å². The molecule has 1 saturated heterocycles. The third-order valence-electron chi connectivity index (χ3n) is 3.07. The molecule has 1 aliphatic rings. The third kappa shape index (κ3) is 3.56. The average molecular weight is 236 g/mol. The number of nitrogens with zero attached hydrogens (tertiary/aromatic N) is 2. The van der Waals surface area contributed by atoms with Crippen molar-refractivity contribution in [3.05, 3.63) is 22.7 Å². The molecule has 0 spiro atoms. The lowest BCUT2D eigenvalue weighted by Gasteiger charge is -2.29. The Morgan fingerprint density at radius 2 is 2.24 bits per heavy atom. The molecule has 2 heterocycles. The number of likely N-dealkylation sites (tertiary alicyclic amines) is 1. The number of nitrogens with one attached hydrogen (secondary N) is 2. The third-order valence-corrected chi connectivity index (χ3v) is 3.07. The molecule has 94 valence electrons. The van der Waals surface area contributed by atoms with Crippen LogP contribution in [-0.2, 0) is 0 Å². The van der Waals surface area contributed by atoms with Gasteiger partial charge in [0.25, 0.3) is 5.56 Å². The monoisotopic (exact) mass is 236 g/mol. The molecule has 5 heteroatoms. The molecule has 2 N–H and O–H groups in total. The van der Waals surface area contributed by atoms with Gasteiger partial charge in [0.15, 0.2) is 5.82 Å². The number of aromatic amines is 1. The zero-order valence-electron chi connectivity index (χ0n) is 10.3. The molecule has 0 radical (unpaired) electrons. The fourth-order valence-electron chi connectivity index (χ4n) is 2.26. The SMILES string of the molecule is CC(CN1CCCCC1)Nc1ncc[nH]c1=O. The minimum Gasteiger partial charge on any atom is -0.362 e. The fraction of sp³-hybridized carbons (Fsp3) is 0.667. The summed E-state index contributed by atoms with van der Waals surface area (Å²) in [7, 11) is 0. The Hall–Kier alpha value is -1.36. The van der Waals surface area contributed by atoms with E-state index in [2.05, 4.69) is 27.1 Å². The van der Waals surface area contributed by atoms with Crippen LogP contribution in [0.2, 0.25) is 0 Å². The van der Waals surface area contributed by atoms with E-state index in [4.69, 9.17) is 0 Å². The van der Waals surface area contributed by atoms with E-state index in [1.54, 1.807) is 12.4 Å². The maximum Gasteiger partial charge on any atom is 0.290 e. The highest BCUT2D eigenvalue weighted by Gasteiger charge is 2.14. The van der Waals surface area contributed by atoms with Crippen LogP contribution in [0.25, 0.3) is 0 Å². The summed E-state index contributed by atoms with van der Waals surface area (Å²) in [4.78, 5) is 20.5. The second-order valence-corrected chi connectivity index (χ2v) is 4.67. The van der Waals surface area contributed by atoms with Crippen LogP contribution in [0.3, 0.4) is 0 Å². The van der Waals surface area contributed by atoms with Crippen LogP contribution in [-0.4, -0.2) is 40.5 Å². The topological polar surface area (TPSA) is 61.0 Å². The quantitative estimate of drug-likeness (QED) is 0.820. The maximum absolute atomic E-state index is 11.5. The minimum atomic E-state index is -0.155. The van der Waals surface area contributed by atoms with E-state index >= 15 is 0 Å². The molecule has 1 fully saturated rings. The molecule has 0 amide bonds. The Labute approximate surface area is 101 Å². The van der Waals surface area contributed by atoms with Crippen molar-refractivity contribution in [2.24, 2.45) is 0 Å². The number of aromatic nitrogens is 2. The molecule has 1 aliphatic heterocycles. The van der Waals surface area contributed by atoms with Crippen LogP contribution in [0.15, 0.2) is 17.2 Å². The second-order valence-electron chi connectivity index (χ2n) is 4.67. The predicted octanol–water partition coefficient (Wildman–Crippen LogP) is 1.06. The first-order valence-electron chi connectivity index (χ1n) is 6.28. The van der Waals surface area contributed by atoms with Gasteiger partial charge in [-0.15, -0.1) is 0 Å². The van der Waals surface area contributed by atoms with Gasteiger partial charge in [0.2, 0.25) is 0 Å². The molecular weight excluding hydrogens is 216 g/mol. The maximum atomic E-state index is 11.5. The normalized spacial score (nSPS) is 18.9. The lowest BCUT2D eigenvalue weighted by molar-refractivity contribution is 0.223. The van der Waals surface area contributed by atoms with Crippen molar-refractivity contribution in [2.75, 3.05) is 25.0 Å². The number of H-pyrrole nitrogens is 1. The van der Waals surface area contributed by atoms with Crippen LogP contribution in [0.1, 0.15) is 26.2 Å². The molecule has 5 nitrogen and oxygen atoms in total. The van der Waals surface area contributed by atoms with Gasteiger partial charge >= 0.3 is 0 Å². The van der Waals surface area contributed by atoms with Crippen LogP contribution >= 0.6 is 0 Å². The summed E-state index contributed by atoms with van der Waals surface area (Å²) in [5.74, 6) is 0.414. The summed E-state index contributed by atoms with van der Waals surface area (Å²) in [6.45, 7) is 5.40. The van der Waals surface area contributed by atoms with Gasteiger partial charge in [-0.3, -0.25) is 4.79 Å². The Balaban J connectivity index is 1.86. The number of rotatable bonds is 4. The van der Waals surface area contributed by atoms with E-state index in [-0.39, 0.29) is 11.6 Å². The zero-order valence-corrected chi connectivity index (χ0v) is 10.3. The van der Waals surface area contributed by atoms with E-state index in [1.165, 1.54) is 32.4 Å². The molecule has 0 aliphatic carbocycles. The number of hydrogen-bond donors (Lipinski definition) is 2. The van der Waals surface area contributed by atoms with Gasteiger partial charge in [-0.05, 0) is 32.9 Å². The largest absolute Gasteiger partial charge is 0.362 e. The van der Waals surface area contributed by atoms with Gasteiger partial charge in [0.05, 0.1) is 0 Å². The highest BCUT2D eigenvalue weighted by molar-refractivity contribution is 5.31. The molecule has 1 aromatic heterocycles. The summed E-state index contributed by atoms with van der Waals surface area (Å²) in [6, 6.07) is 0.240. The molecule has 17 heavy (non-hydrogen) atoms. The van der Waals surface area contributed by atoms with Gasteiger partial charge < -0.3 is 15.2 Å². The first-order valence-corrected chi connectivity index (χ1v) is 6.28. The predicted molar refractivity (Wildman–Crippen MR) is 68.2 cm³/mol. The van der Waals surface area contributed by atoms with Crippen molar-refractivity contribution in [2.45, 2.75) is 32.2 Å². The zero-order chi connectivity index (χ0) is 12.1. The smallest absolute Gasteiger partial charge is 0.290 e. The molecular formula is C12H20N4O. The van der Waals surface area contributed by atoms with Crippen LogP contribution < -0.4 is 10.9 Å². The number of anilines is 1. The minimum absolute atomic E-state index is 0.155. The molecule has 0 aromatic carbocycles. The van der Waals surface area contributed by atoms with Crippen molar-refractivity contribution in [1.29, 1.82) is 0 Å². The van der Waals surface area contributed by atoms with Gasteiger partial charge in [-0.2, -0.15) is 0 Å². The first-order chi connectivity index (χ1) is 8.25. The Kier molecular flexibility index (Phi) is 4.14. The lowest BCUT2D eigenvalue weighted by Crippen LogP contribution is -2.39. The van der Waals surface area contributed by atoms with E-state index in [0.717, 1.165) is 6.54 Å². The molecule has 0 saturated carbocycles. The Morgan fingerprint density at radius 1 is 1.47 bits per heavy atom. The van der Waals surface area contributed by atoms with E-state index in [0.29, 0.717) is 5.82 Å². The molecule has 1 unspecified atom stereocenters. The molecule has 2 rings (SSSR count). The van der Waals surface area contributed by atoms with E-state index in [1.807, 2.05) is 0 Å². The average Bonchev–Trinajstić information content (AvgIpc) is 2.33. The van der Waals surface area contributed by atoms with Gasteiger partial charge in [-0.25, -0.2) is 4.98 Å². The van der Waals surface area contributed by atoms with Crippen molar-refractivity contribution < 1.29 is 0 Å². The van der Waals surface area contributed by atoms with Gasteiger partial charge in [0, 0.05) is 25.0 Å². The second kappa shape index (κ2) is 5.82. The molecule has 1 atom stereocenters. The van der Waals surface area contributed by atoms with Crippen LogP contribution in [0.4, 0.5) is 5.82 Å². The molecule has 0 bridgehead atoms. The van der Waals surface area contributed by atoms with Gasteiger partial charge in [0.1, 0.15) is 0 Å². The first kappa shape index (κ1) is 12.1. The highest BCUT2D eigenvalue weighted by Crippen LogP contribution is 2.09. The van der Waals surface area contributed by atoms with Crippen molar-refractivity contribution in [3.63, 3.8) is 0 Å². The summed E-state index contributed by atoms with van der Waals surface area (Å²) in [5.41, 5.74) is -0.155. The summed E-state index contributed by atoms with van der Waals surface area (Å²) < 4.78 is 0.